The first-order valence-corrected chi connectivity index (χ1v) is 6.17. The number of ether oxygens (including phenoxy) is 1. The van der Waals surface area contributed by atoms with Gasteiger partial charge in [0.25, 0.3) is 0 Å². The van der Waals surface area contributed by atoms with Crippen molar-refractivity contribution in [1.82, 2.24) is 14.5 Å². The van der Waals surface area contributed by atoms with Gasteiger partial charge in [-0.3, -0.25) is 4.57 Å². The Morgan fingerprint density at radius 3 is 2.60 bits per heavy atom. The van der Waals surface area contributed by atoms with E-state index in [1.165, 1.54) is 0 Å². The van der Waals surface area contributed by atoms with Crippen molar-refractivity contribution in [2.24, 2.45) is 0 Å². The number of hydrogen-bond donors (Lipinski definition) is 1. The Kier molecular flexibility index (Phi) is 3.09. The molecule has 0 aliphatic heterocycles. The highest BCUT2D eigenvalue weighted by molar-refractivity contribution is 5.61. The maximum Gasteiger partial charge on any atom is 0.215 e. The van der Waals surface area contributed by atoms with Crippen molar-refractivity contribution in [2.45, 2.75) is 0 Å². The van der Waals surface area contributed by atoms with Gasteiger partial charge in [-0.1, -0.05) is 0 Å². The van der Waals surface area contributed by atoms with Gasteiger partial charge in [-0.25, -0.2) is 9.97 Å². The molecule has 0 fully saturated rings. The monoisotopic (exact) mass is 266 g/mol. The summed E-state index contributed by atoms with van der Waals surface area (Å²) in [6.45, 7) is 0. The van der Waals surface area contributed by atoms with Crippen LogP contribution in [-0.4, -0.2) is 21.6 Å². The fourth-order valence-electron chi connectivity index (χ4n) is 2.02. The number of methoxy groups -OCH3 is 1. The smallest absolute Gasteiger partial charge is 0.215 e. The second kappa shape index (κ2) is 5.05. The van der Waals surface area contributed by atoms with E-state index in [0.29, 0.717) is 5.88 Å². The normalized spacial score (nSPS) is 10.4. The first kappa shape index (κ1) is 12.2. The van der Waals surface area contributed by atoms with E-state index >= 15 is 0 Å². The van der Waals surface area contributed by atoms with Gasteiger partial charge in [-0.15, -0.1) is 0 Å². The van der Waals surface area contributed by atoms with Crippen LogP contribution in [-0.2, 0) is 0 Å². The summed E-state index contributed by atoms with van der Waals surface area (Å²) in [6, 6.07) is 11.4. The molecule has 2 aromatic heterocycles. The topological polar surface area (TPSA) is 66.0 Å². The molecule has 100 valence electrons. The van der Waals surface area contributed by atoms with Gasteiger partial charge in [0.2, 0.25) is 5.88 Å². The number of nitrogens with zero attached hydrogens (tertiary/aromatic N) is 3. The number of rotatable bonds is 3. The molecule has 0 radical (unpaired) electrons. The SMILES string of the molecule is COc1cc(-n2ccnc2-c2ccc(N)cc2)ccn1. The van der Waals surface area contributed by atoms with Crippen molar-refractivity contribution in [2.75, 3.05) is 12.8 Å². The van der Waals surface area contributed by atoms with Gasteiger partial charge in [0, 0.05) is 35.9 Å². The first-order chi connectivity index (χ1) is 9.78. The third-order valence-corrected chi connectivity index (χ3v) is 3.02. The fourth-order valence-corrected chi connectivity index (χ4v) is 2.02. The molecule has 2 N–H and O–H groups in total. The molecular weight excluding hydrogens is 252 g/mol. The fraction of sp³-hybridized carbons (Fsp3) is 0.0667. The molecule has 20 heavy (non-hydrogen) atoms. The van der Waals surface area contributed by atoms with Gasteiger partial charge in [-0.2, -0.15) is 0 Å². The second-order valence-corrected chi connectivity index (χ2v) is 4.30. The molecule has 0 aliphatic carbocycles. The van der Waals surface area contributed by atoms with Crippen LogP contribution in [0.25, 0.3) is 17.1 Å². The molecule has 5 nitrogen and oxygen atoms in total. The van der Waals surface area contributed by atoms with Crippen molar-refractivity contribution in [3.63, 3.8) is 0 Å². The van der Waals surface area contributed by atoms with Crippen molar-refractivity contribution in [3.8, 4) is 23.0 Å². The largest absolute Gasteiger partial charge is 0.481 e. The van der Waals surface area contributed by atoms with Crippen molar-refractivity contribution in [1.29, 1.82) is 0 Å². The number of nitrogen functional groups attached to an aromatic ring is 1. The Morgan fingerprint density at radius 1 is 1.05 bits per heavy atom. The standard InChI is InChI=1S/C15H14N4O/c1-20-14-10-13(6-7-17-14)19-9-8-18-15(19)11-2-4-12(16)5-3-11/h2-10H,16H2,1H3. The average molecular weight is 266 g/mol. The summed E-state index contributed by atoms with van der Waals surface area (Å²) in [6.07, 6.45) is 5.37. The summed E-state index contributed by atoms with van der Waals surface area (Å²) in [7, 11) is 1.60. The van der Waals surface area contributed by atoms with Gasteiger partial charge < -0.3 is 10.5 Å². The highest BCUT2D eigenvalue weighted by Gasteiger charge is 2.08. The van der Waals surface area contributed by atoms with Gasteiger partial charge in [0.05, 0.1) is 12.8 Å². The number of pyridine rings is 1. The van der Waals surface area contributed by atoms with Crippen molar-refractivity contribution in [3.05, 3.63) is 55.0 Å². The highest BCUT2D eigenvalue weighted by Crippen LogP contribution is 2.23. The minimum atomic E-state index is 0.569. The van der Waals surface area contributed by atoms with Gasteiger partial charge in [0.1, 0.15) is 5.82 Å². The van der Waals surface area contributed by atoms with E-state index in [9.17, 15) is 0 Å². The van der Waals surface area contributed by atoms with Crippen LogP contribution < -0.4 is 10.5 Å². The minimum Gasteiger partial charge on any atom is -0.481 e. The molecule has 0 saturated heterocycles. The summed E-state index contributed by atoms with van der Waals surface area (Å²) in [5, 5.41) is 0. The summed E-state index contributed by atoms with van der Waals surface area (Å²) >= 11 is 0. The van der Waals surface area contributed by atoms with Crippen LogP contribution in [0.1, 0.15) is 0 Å². The number of hydrogen-bond acceptors (Lipinski definition) is 4. The maximum absolute atomic E-state index is 5.72. The number of nitrogens with two attached hydrogens (primary N) is 1. The van der Waals surface area contributed by atoms with Gasteiger partial charge >= 0.3 is 0 Å². The minimum absolute atomic E-state index is 0.569. The summed E-state index contributed by atoms with van der Waals surface area (Å²) in [5.74, 6) is 1.41. The van der Waals surface area contributed by atoms with Gasteiger partial charge in [-0.05, 0) is 30.3 Å². The summed E-state index contributed by atoms with van der Waals surface area (Å²) in [5.41, 5.74) is 8.39. The van der Waals surface area contributed by atoms with Crippen LogP contribution >= 0.6 is 0 Å². The zero-order valence-corrected chi connectivity index (χ0v) is 11.0. The summed E-state index contributed by atoms with van der Waals surface area (Å²) < 4.78 is 7.13. The van der Waals surface area contributed by atoms with Crippen molar-refractivity contribution >= 4 is 5.69 Å². The zero-order valence-electron chi connectivity index (χ0n) is 11.0. The predicted octanol–water partition coefficient (Wildman–Crippen LogP) is 2.53. The Balaban J connectivity index is 2.07. The van der Waals surface area contributed by atoms with Crippen LogP contribution in [0, 0.1) is 0 Å². The van der Waals surface area contributed by atoms with Crippen LogP contribution in [0.5, 0.6) is 5.88 Å². The molecule has 0 spiro atoms. The average Bonchev–Trinajstić information content (AvgIpc) is 2.97. The lowest BCUT2D eigenvalue weighted by Crippen LogP contribution is -1.98. The molecule has 0 aliphatic rings. The summed E-state index contributed by atoms with van der Waals surface area (Å²) in [4.78, 5) is 8.52. The number of imidazole rings is 1. The van der Waals surface area contributed by atoms with E-state index in [1.807, 2.05) is 47.2 Å². The second-order valence-electron chi connectivity index (χ2n) is 4.30. The number of benzene rings is 1. The van der Waals surface area contributed by atoms with E-state index < -0.39 is 0 Å². The first-order valence-electron chi connectivity index (χ1n) is 6.17. The zero-order chi connectivity index (χ0) is 13.9. The molecule has 3 aromatic rings. The Bertz CT molecular complexity index is 719. The molecule has 1 aromatic carbocycles. The van der Waals surface area contributed by atoms with E-state index in [0.717, 1.165) is 22.8 Å². The van der Waals surface area contributed by atoms with Crippen LogP contribution in [0.2, 0.25) is 0 Å². The molecule has 0 bridgehead atoms. The molecule has 0 saturated carbocycles. The van der Waals surface area contributed by atoms with E-state index in [4.69, 9.17) is 10.5 Å². The van der Waals surface area contributed by atoms with E-state index in [-0.39, 0.29) is 0 Å². The van der Waals surface area contributed by atoms with E-state index in [2.05, 4.69) is 9.97 Å². The number of aromatic nitrogens is 3. The van der Waals surface area contributed by atoms with Crippen molar-refractivity contribution < 1.29 is 4.74 Å². The molecule has 2 heterocycles. The third-order valence-electron chi connectivity index (χ3n) is 3.02. The van der Waals surface area contributed by atoms with Crippen LogP contribution in [0.3, 0.4) is 0 Å². The Labute approximate surface area is 116 Å². The molecule has 0 atom stereocenters. The molecule has 5 heteroatoms. The molecule has 0 unspecified atom stereocenters. The molecular formula is C15H14N4O. The van der Waals surface area contributed by atoms with Crippen LogP contribution in [0.15, 0.2) is 55.0 Å². The lowest BCUT2D eigenvalue weighted by Gasteiger charge is -2.09. The third kappa shape index (κ3) is 2.21. The Morgan fingerprint density at radius 2 is 1.85 bits per heavy atom. The highest BCUT2D eigenvalue weighted by atomic mass is 16.5. The quantitative estimate of drug-likeness (QED) is 0.740. The maximum atomic E-state index is 5.72. The van der Waals surface area contributed by atoms with Gasteiger partial charge in [0.15, 0.2) is 0 Å². The number of anilines is 1. The van der Waals surface area contributed by atoms with E-state index in [1.54, 1.807) is 19.5 Å². The lowest BCUT2D eigenvalue weighted by molar-refractivity contribution is 0.397. The van der Waals surface area contributed by atoms with Crippen LogP contribution in [0.4, 0.5) is 5.69 Å². The molecule has 0 amide bonds. The lowest BCUT2D eigenvalue weighted by atomic mass is 10.2. The molecule has 3 rings (SSSR count). The Hall–Kier alpha value is -2.82. The predicted molar refractivity (Wildman–Crippen MR) is 77.8 cm³/mol.